The molecule has 0 aliphatic carbocycles. The molecule has 0 bridgehead atoms. The Morgan fingerprint density at radius 2 is 1.33 bits per heavy atom. The summed E-state index contributed by atoms with van der Waals surface area (Å²) in [6.07, 6.45) is -6.98. The van der Waals surface area contributed by atoms with Crippen molar-refractivity contribution in [2.24, 2.45) is 0 Å². The van der Waals surface area contributed by atoms with E-state index >= 15 is 0 Å². The Hall–Kier alpha value is 0.160. The van der Waals surface area contributed by atoms with E-state index in [0.29, 0.717) is 0 Å². The fourth-order valence-electron chi connectivity index (χ4n) is 0.0952. The van der Waals surface area contributed by atoms with Gasteiger partial charge in [-0.2, -0.15) is 0 Å². The summed E-state index contributed by atoms with van der Waals surface area (Å²) in [5, 5.41) is 8.09. The molecule has 1 nitrogen and oxygen atoms in total. The lowest BCUT2D eigenvalue weighted by molar-refractivity contribution is -0.111. The van der Waals surface area contributed by atoms with Crippen molar-refractivity contribution in [3.05, 3.63) is 0 Å². The molecule has 0 aliphatic heterocycles. The van der Waals surface area contributed by atoms with Crippen LogP contribution in [0, 0.1) is 0 Å². The average Bonchev–Trinajstić information content (AvgIpc) is 1.65. The summed E-state index contributed by atoms with van der Waals surface area (Å²) in [6, 6.07) is 0. The molecule has 0 aromatic rings. The van der Waals surface area contributed by atoms with Crippen molar-refractivity contribution in [2.75, 3.05) is 0 Å². The Morgan fingerprint density at radius 3 is 1.33 bits per heavy atom. The Kier molecular flexibility index (Phi) is 2.88. The summed E-state index contributed by atoms with van der Waals surface area (Å²) in [5.74, 6) is 0. The molecule has 0 fully saturated rings. The lowest BCUT2D eigenvalue weighted by Gasteiger charge is -2.17. The highest BCUT2D eigenvalue weighted by molar-refractivity contribution is 9.10. The van der Waals surface area contributed by atoms with Crippen LogP contribution in [0.3, 0.4) is 0 Å². The van der Waals surface area contributed by atoms with Crippen LogP contribution in [-0.4, -0.2) is 22.5 Å². The highest BCUT2D eigenvalue weighted by Crippen LogP contribution is 2.29. The van der Waals surface area contributed by atoms with Gasteiger partial charge >= 0.3 is 0 Å². The number of halogens is 5. The van der Waals surface area contributed by atoms with E-state index < -0.39 is 17.4 Å². The van der Waals surface area contributed by atoms with E-state index in [0.717, 1.165) is 0 Å². The molecule has 0 radical (unpaired) electrons. The van der Waals surface area contributed by atoms with Crippen LogP contribution in [0.2, 0.25) is 0 Å². The molecule has 0 heterocycles. The van der Waals surface area contributed by atoms with Gasteiger partial charge in [0, 0.05) is 0 Å². The predicted molar refractivity (Wildman–Crippen MR) is 25.9 cm³/mol. The van der Waals surface area contributed by atoms with Gasteiger partial charge in [0.05, 0.1) is 0 Å². The fourth-order valence-corrected chi connectivity index (χ4v) is 0.0952. The van der Waals surface area contributed by atoms with E-state index in [9.17, 15) is 17.6 Å². The molecule has 6 heteroatoms. The molecule has 0 spiro atoms. The van der Waals surface area contributed by atoms with Crippen LogP contribution >= 0.6 is 15.9 Å². The minimum absolute atomic E-state index is 1.77. The molecule has 1 N–H and O–H groups in total. The summed E-state index contributed by atoms with van der Waals surface area (Å²) >= 11 is 1.77. The summed E-state index contributed by atoms with van der Waals surface area (Å²) in [7, 11) is 0. The van der Waals surface area contributed by atoms with E-state index in [2.05, 4.69) is 0 Å². The largest absolute Gasteiger partial charge is 0.369 e. The number of aliphatic hydroxyl groups is 1. The first kappa shape index (κ1) is 9.16. The molecule has 0 saturated heterocycles. The van der Waals surface area contributed by atoms with Gasteiger partial charge in [-0.1, -0.05) is 0 Å². The van der Waals surface area contributed by atoms with Gasteiger partial charge in [-0.05, 0) is 15.9 Å². The maximum absolute atomic E-state index is 11.3. The zero-order valence-electron chi connectivity index (χ0n) is 3.99. The first-order valence-corrected chi connectivity index (χ1v) is 2.66. The molecule has 0 aliphatic rings. The second-order valence-corrected chi connectivity index (χ2v) is 2.60. The van der Waals surface area contributed by atoms with Crippen molar-refractivity contribution in [2.45, 2.75) is 17.4 Å². The minimum Gasteiger partial charge on any atom is -0.369 e. The van der Waals surface area contributed by atoms with Gasteiger partial charge < -0.3 is 5.11 Å². The molecule has 0 aromatic carbocycles. The Bertz CT molecular complexity index is 83.8. The topological polar surface area (TPSA) is 20.2 Å². The Morgan fingerprint density at radius 1 is 1.11 bits per heavy atom. The molecule has 0 saturated carbocycles. The third kappa shape index (κ3) is 2.09. The molecule has 0 aromatic heterocycles. The predicted octanol–water partition coefficient (Wildman–Crippen LogP) is 1.60. The van der Waals surface area contributed by atoms with Crippen LogP contribution in [-0.2, 0) is 0 Å². The second-order valence-electron chi connectivity index (χ2n) is 1.33. The van der Waals surface area contributed by atoms with Gasteiger partial charge in [-0.3, -0.25) is 0 Å². The van der Waals surface area contributed by atoms with Crippen molar-refractivity contribution < 1.29 is 22.7 Å². The zero-order valence-corrected chi connectivity index (χ0v) is 5.58. The zero-order chi connectivity index (χ0) is 7.65. The third-order valence-electron chi connectivity index (χ3n) is 0.612. The van der Waals surface area contributed by atoms with E-state index in [1.54, 1.807) is 15.9 Å². The number of hydrogen-bond acceptors (Lipinski definition) is 1. The molecule has 0 amide bonds. The molecular formula is C3H3BrF4O. The highest BCUT2D eigenvalue weighted by Gasteiger charge is 2.44. The first-order valence-electron chi connectivity index (χ1n) is 1.86. The fraction of sp³-hybridized carbons (Fsp3) is 1.00. The smallest absolute Gasteiger partial charge is 0.282 e. The van der Waals surface area contributed by atoms with Gasteiger partial charge in [0.1, 0.15) is 0 Å². The Labute approximate surface area is 56.8 Å². The van der Waals surface area contributed by atoms with Gasteiger partial charge in [0.25, 0.3) is 12.9 Å². The van der Waals surface area contributed by atoms with Gasteiger partial charge in [-0.25, -0.2) is 17.6 Å². The van der Waals surface area contributed by atoms with Crippen LogP contribution in [0.1, 0.15) is 0 Å². The van der Waals surface area contributed by atoms with Crippen molar-refractivity contribution in [1.29, 1.82) is 0 Å². The van der Waals surface area contributed by atoms with Crippen LogP contribution in [0.5, 0.6) is 0 Å². The molecule has 9 heavy (non-hydrogen) atoms. The van der Waals surface area contributed by atoms with E-state index in [4.69, 9.17) is 5.11 Å². The first-order chi connectivity index (χ1) is 3.89. The van der Waals surface area contributed by atoms with Crippen molar-refractivity contribution in [3.63, 3.8) is 0 Å². The number of rotatable bonds is 2. The third-order valence-corrected chi connectivity index (χ3v) is 1.30. The number of hydrogen-bond donors (Lipinski definition) is 1. The van der Waals surface area contributed by atoms with E-state index in [1.807, 2.05) is 0 Å². The lowest BCUT2D eigenvalue weighted by atomic mass is 10.4. The quantitative estimate of drug-likeness (QED) is 0.543. The molecular weight excluding hydrogens is 208 g/mol. The standard InChI is InChI=1S/C3H3BrF4O/c4-3(9,1(5)6)2(7)8/h1-2,9H. The minimum atomic E-state index is -3.49. The summed E-state index contributed by atoms with van der Waals surface area (Å²) < 4.78 is 41.8. The Balaban J connectivity index is 4.01. The SMILES string of the molecule is OC(Br)(C(F)F)C(F)F. The van der Waals surface area contributed by atoms with E-state index in [1.165, 1.54) is 0 Å². The normalized spacial score (nSPS) is 13.3. The van der Waals surface area contributed by atoms with Crippen LogP contribution in [0.4, 0.5) is 17.6 Å². The summed E-state index contributed by atoms with van der Waals surface area (Å²) in [4.78, 5) is 0. The molecule has 0 rings (SSSR count). The molecule has 0 unspecified atom stereocenters. The molecule has 0 atom stereocenters. The van der Waals surface area contributed by atoms with E-state index in [-0.39, 0.29) is 0 Å². The molecule has 56 valence electrons. The van der Waals surface area contributed by atoms with Crippen LogP contribution < -0.4 is 0 Å². The average molecular weight is 211 g/mol. The van der Waals surface area contributed by atoms with Crippen LogP contribution in [0.15, 0.2) is 0 Å². The maximum atomic E-state index is 11.3. The summed E-state index contributed by atoms with van der Waals surface area (Å²) in [5.41, 5.74) is 0. The highest BCUT2D eigenvalue weighted by atomic mass is 79.9. The van der Waals surface area contributed by atoms with Crippen LogP contribution in [0.25, 0.3) is 0 Å². The summed E-state index contributed by atoms with van der Waals surface area (Å²) in [6.45, 7) is 0. The van der Waals surface area contributed by atoms with Gasteiger partial charge in [-0.15, -0.1) is 0 Å². The van der Waals surface area contributed by atoms with Gasteiger partial charge in [0.2, 0.25) is 4.51 Å². The number of alkyl halides is 5. The van der Waals surface area contributed by atoms with Crippen molar-refractivity contribution >= 4 is 15.9 Å². The van der Waals surface area contributed by atoms with Crippen molar-refractivity contribution in [1.82, 2.24) is 0 Å². The van der Waals surface area contributed by atoms with Crippen molar-refractivity contribution in [3.8, 4) is 0 Å². The lowest BCUT2D eigenvalue weighted by Crippen LogP contribution is -2.37. The second kappa shape index (κ2) is 2.83. The van der Waals surface area contributed by atoms with Gasteiger partial charge in [0.15, 0.2) is 0 Å². The maximum Gasteiger partial charge on any atom is 0.282 e. The monoisotopic (exact) mass is 210 g/mol.